The first-order chi connectivity index (χ1) is 12.3. The lowest BCUT2D eigenvalue weighted by atomic mass is 9.82. The second-order valence-electron chi connectivity index (χ2n) is 5.95. The van der Waals surface area contributed by atoms with Gasteiger partial charge in [0.15, 0.2) is 0 Å². The number of aliphatic hydroxyl groups is 2. The van der Waals surface area contributed by atoms with Gasteiger partial charge in [-0.1, -0.05) is 55.5 Å². The topological polar surface area (TPSA) is 52.5 Å². The van der Waals surface area contributed by atoms with E-state index < -0.39 is 17.2 Å². The predicted octanol–water partition coefficient (Wildman–Crippen LogP) is 3.70. The van der Waals surface area contributed by atoms with Crippen molar-refractivity contribution >= 4 is 11.8 Å². The zero-order valence-electron chi connectivity index (χ0n) is 14.3. The maximum absolute atomic E-state index is 12.8. The first-order valence-electron chi connectivity index (χ1n) is 8.26. The highest BCUT2D eigenvalue weighted by atomic mass is 32.2. The lowest BCUT2D eigenvalue weighted by Gasteiger charge is -2.34. The van der Waals surface area contributed by atoms with Crippen molar-refractivity contribution in [3.8, 4) is 0 Å². The molecule has 0 amide bonds. The molecule has 0 aliphatic heterocycles. The normalized spacial score (nSPS) is 15.5. The Labute approximate surface area is 155 Å². The largest absolute Gasteiger partial charge is 0.446 e. The standard InChI is InChI=1S/C19H22F3NO2S/c1-2-23-13-17(24)18(25,15-9-4-3-5-10-15)12-14-8-6-7-11-16(14)26-19(20,21)22/h3-11,17,23-25H,2,12-13H2,1H3/t17?,18-/m1/s1. The van der Waals surface area contributed by atoms with Crippen molar-refractivity contribution in [1.29, 1.82) is 0 Å². The molecule has 7 heteroatoms. The molecule has 2 aromatic rings. The summed E-state index contributed by atoms with van der Waals surface area (Å²) in [6.45, 7) is 2.59. The average Bonchev–Trinajstić information content (AvgIpc) is 2.60. The molecule has 0 radical (unpaired) electrons. The minimum absolute atomic E-state index is 0.0185. The highest BCUT2D eigenvalue weighted by Gasteiger charge is 2.39. The summed E-state index contributed by atoms with van der Waals surface area (Å²) in [5, 5.41) is 24.8. The predicted molar refractivity (Wildman–Crippen MR) is 96.9 cm³/mol. The van der Waals surface area contributed by atoms with Gasteiger partial charge in [0, 0.05) is 17.9 Å². The lowest BCUT2D eigenvalue weighted by Crippen LogP contribution is -2.47. The molecule has 0 heterocycles. The maximum Gasteiger partial charge on any atom is 0.446 e. The quantitative estimate of drug-likeness (QED) is 0.607. The number of alkyl halides is 3. The molecule has 3 nitrogen and oxygen atoms in total. The molecule has 0 spiro atoms. The first-order valence-corrected chi connectivity index (χ1v) is 9.08. The molecule has 2 rings (SSSR count). The smallest absolute Gasteiger partial charge is 0.388 e. The van der Waals surface area contributed by atoms with Crippen molar-refractivity contribution < 1.29 is 23.4 Å². The molecule has 0 bridgehead atoms. The van der Waals surface area contributed by atoms with Crippen molar-refractivity contribution in [3.05, 3.63) is 65.7 Å². The van der Waals surface area contributed by atoms with E-state index in [1.165, 1.54) is 12.1 Å². The molecule has 0 saturated carbocycles. The third-order valence-electron chi connectivity index (χ3n) is 4.07. The minimum Gasteiger partial charge on any atom is -0.388 e. The molecular weight excluding hydrogens is 363 g/mol. The number of aliphatic hydroxyl groups excluding tert-OH is 1. The number of thioether (sulfide) groups is 1. The van der Waals surface area contributed by atoms with Crippen molar-refractivity contribution in [2.24, 2.45) is 0 Å². The second kappa shape index (κ2) is 8.90. The molecule has 0 aliphatic carbocycles. The Bertz CT molecular complexity index is 697. The minimum atomic E-state index is -4.43. The van der Waals surface area contributed by atoms with Gasteiger partial charge in [0.25, 0.3) is 0 Å². The van der Waals surface area contributed by atoms with Gasteiger partial charge in [0.05, 0.1) is 6.10 Å². The number of halogens is 3. The van der Waals surface area contributed by atoms with E-state index in [1.807, 2.05) is 6.92 Å². The van der Waals surface area contributed by atoms with Crippen molar-refractivity contribution in [3.63, 3.8) is 0 Å². The highest BCUT2D eigenvalue weighted by molar-refractivity contribution is 8.00. The fourth-order valence-electron chi connectivity index (χ4n) is 2.75. The third-order valence-corrected chi connectivity index (χ3v) is 4.92. The summed E-state index contributed by atoms with van der Waals surface area (Å²) < 4.78 is 38.5. The molecule has 2 aromatic carbocycles. The molecule has 0 aromatic heterocycles. The van der Waals surface area contributed by atoms with Crippen LogP contribution in [0.4, 0.5) is 13.2 Å². The van der Waals surface area contributed by atoms with Crippen LogP contribution in [0.15, 0.2) is 59.5 Å². The zero-order valence-corrected chi connectivity index (χ0v) is 15.1. The Hall–Kier alpha value is -1.54. The van der Waals surface area contributed by atoms with Crippen LogP contribution in [0.1, 0.15) is 18.1 Å². The molecule has 0 saturated heterocycles. The van der Waals surface area contributed by atoms with Gasteiger partial charge in [0.1, 0.15) is 5.60 Å². The van der Waals surface area contributed by atoms with Crippen molar-refractivity contribution in [1.82, 2.24) is 5.32 Å². The Morgan fingerprint density at radius 3 is 2.27 bits per heavy atom. The molecule has 26 heavy (non-hydrogen) atoms. The van der Waals surface area contributed by atoms with Gasteiger partial charge in [-0.3, -0.25) is 0 Å². The SMILES string of the molecule is CCNCC(O)[C@@](O)(Cc1ccccc1SC(F)(F)F)c1ccccc1. The summed E-state index contributed by atoms with van der Waals surface area (Å²) in [7, 11) is 0. The fourth-order valence-corrected chi connectivity index (χ4v) is 3.42. The third kappa shape index (κ3) is 5.48. The molecule has 142 valence electrons. The number of rotatable bonds is 8. The van der Waals surface area contributed by atoms with E-state index in [4.69, 9.17) is 0 Å². The number of hydrogen-bond donors (Lipinski definition) is 3. The van der Waals surface area contributed by atoms with Crippen LogP contribution < -0.4 is 5.32 Å². The van der Waals surface area contributed by atoms with E-state index in [0.29, 0.717) is 17.7 Å². The van der Waals surface area contributed by atoms with Crippen LogP contribution >= 0.6 is 11.8 Å². The van der Waals surface area contributed by atoms with Gasteiger partial charge >= 0.3 is 5.51 Å². The average molecular weight is 385 g/mol. The summed E-state index contributed by atoms with van der Waals surface area (Å²) in [5.74, 6) is 0. The highest BCUT2D eigenvalue weighted by Crippen LogP contribution is 2.40. The Morgan fingerprint density at radius 2 is 1.65 bits per heavy atom. The Kier molecular flexibility index (Phi) is 7.11. The maximum atomic E-state index is 12.8. The van der Waals surface area contributed by atoms with Gasteiger partial charge < -0.3 is 15.5 Å². The second-order valence-corrected chi connectivity index (χ2v) is 7.05. The zero-order chi connectivity index (χ0) is 19.2. The van der Waals surface area contributed by atoms with Crippen LogP contribution in [0.3, 0.4) is 0 Å². The van der Waals surface area contributed by atoms with Crippen LogP contribution in [-0.4, -0.2) is 34.9 Å². The van der Waals surface area contributed by atoms with Crippen LogP contribution in [0.25, 0.3) is 0 Å². The summed E-state index contributed by atoms with van der Waals surface area (Å²) >= 11 is -0.216. The van der Waals surface area contributed by atoms with Gasteiger partial charge in [-0.05, 0) is 35.5 Å². The van der Waals surface area contributed by atoms with Gasteiger partial charge in [0.2, 0.25) is 0 Å². The molecule has 1 unspecified atom stereocenters. The van der Waals surface area contributed by atoms with Gasteiger partial charge in [-0.2, -0.15) is 13.2 Å². The summed E-state index contributed by atoms with van der Waals surface area (Å²) in [4.78, 5) is 0.0185. The van der Waals surface area contributed by atoms with Crippen molar-refractivity contribution in [2.75, 3.05) is 13.1 Å². The number of nitrogens with one attached hydrogen (secondary N) is 1. The van der Waals surface area contributed by atoms with E-state index in [2.05, 4.69) is 5.32 Å². The molecular formula is C19H22F3NO2S. The monoisotopic (exact) mass is 385 g/mol. The first kappa shape index (κ1) is 20.8. The van der Waals surface area contributed by atoms with E-state index in [-0.39, 0.29) is 29.6 Å². The summed E-state index contributed by atoms with van der Waals surface area (Å²) in [6, 6.07) is 14.6. The Morgan fingerprint density at radius 1 is 1.04 bits per heavy atom. The molecule has 0 fully saturated rings. The molecule has 0 aliphatic rings. The molecule has 2 atom stereocenters. The number of hydrogen-bond acceptors (Lipinski definition) is 4. The Balaban J connectivity index is 2.39. The van der Waals surface area contributed by atoms with Crippen LogP contribution in [0.2, 0.25) is 0 Å². The summed E-state index contributed by atoms with van der Waals surface area (Å²) in [6.07, 6.45) is -1.32. The van der Waals surface area contributed by atoms with E-state index in [1.54, 1.807) is 42.5 Å². The van der Waals surface area contributed by atoms with E-state index in [9.17, 15) is 23.4 Å². The van der Waals surface area contributed by atoms with E-state index >= 15 is 0 Å². The number of benzene rings is 2. The number of likely N-dealkylation sites (N-methyl/N-ethyl adjacent to an activating group) is 1. The van der Waals surface area contributed by atoms with E-state index in [0.717, 1.165) is 0 Å². The van der Waals surface area contributed by atoms with Crippen molar-refractivity contribution in [2.45, 2.75) is 35.5 Å². The lowest BCUT2D eigenvalue weighted by molar-refractivity contribution is -0.0790. The van der Waals surface area contributed by atoms with Crippen LogP contribution in [-0.2, 0) is 12.0 Å². The fraction of sp³-hybridized carbons (Fsp3) is 0.368. The van der Waals surface area contributed by atoms with Crippen LogP contribution in [0, 0.1) is 0 Å². The molecule has 3 N–H and O–H groups in total. The summed E-state index contributed by atoms with van der Waals surface area (Å²) in [5.41, 5.74) is -5.36. The van der Waals surface area contributed by atoms with Crippen LogP contribution in [0.5, 0.6) is 0 Å². The van der Waals surface area contributed by atoms with Gasteiger partial charge in [-0.25, -0.2) is 0 Å². The van der Waals surface area contributed by atoms with Gasteiger partial charge in [-0.15, -0.1) is 0 Å².